The van der Waals surface area contributed by atoms with E-state index in [1.807, 2.05) is 34.6 Å². The summed E-state index contributed by atoms with van der Waals surface area (Å²) in [5, 5.41) is 0. The van der Waals surface area contributed by atoms with Gasteiger partial charge in [0.05, 0.1) is 5.69 Å². The van der Waals surface area contributed by atoms with E-state index in [2.05, 4.69) is 9.88 Å². The van der Waals surface area contributed by atoms with Crippen molar-refractivity contribution in [1.82, 2.24) is 19.0 Å². The van der Waals surface area contributed by atoms with Crippen molar-refractivity contribution in [3.05, 3.63) is 22.2 Å². The number of piperazine rings is 1. The first-order valence-corrected chi connectivity index (χ1v) is 9.72. The molecule has 9 heteroatoms. The van der Waals surface area contributed by atoms with Crippen molar-refractivity contribution in [3.8, 4) is 0 Å². The van der Waals surface area contributed by atoms with Gasteiger partial charge in [0.1, 0.15) is 16.8 Å². The van der Waals surface area contributed by atoms with E-state index in [0.29, 0.717) is 36.2 Å². The number of carbonyl (C=O) groups is 2. The molecule has 1 amide bonds. The van der Waals surface area contributed by atoms with Crippen LogP contribution in [0.15, 0.2) is 10.9 Å². The van der Waals surface area contributed by atoms with Gasteiger partial charge in [-0.3, -0.25) is 14.2 Å². The maximum Gasteiger partial charge on any atom is 0.410 e. The average molecular weight is 403 g/mol. The first-order chi connectivity index (χ1) is 13.4. The molecular formula is C20H29N5O4. The second kappa shape index (κ2) is 7.20. The molecule has 1 aliphatic rings. The van der Waals surface area contributed by atoms with Crippen molar-refractivity contribution in [2.45, 2.75) is 52.3 Å². The number of pyridine rings is 1. The summed E-state index contributed by atoms with van der Waals surface area (Å²) in [6, 6.07) is 1.38. The van der Waals surface area contributed by atoms with Crippen LogP contribution in [-0.4, -0.2) is 62.2 Å². The molecule has 2 aromatic rings. The van der Waals surface area contributed by atoms with Crippen LogP contribution < -0.4 is 10.5 Å². The van der Waals surface area contributed by atoms with Crippen LogP contribution in [0.3, 0.4) is 0 Å². The molecule has 3 rings (SSSR count). The SMILES string of the molecule is C[C@@H]1CN(c2cc(=O)n(C)c3c2nc(C=O)n3C)[C@@H](C)CN1C(=O)OC(C)(C)C. The Balaban J connectivity index is 2.00. The van der Waals surface area contributed by atoms with Gasteiger partial charge < -0.3 is 19.1 Å². The maximum atomic E-state index is 12.6. The van der Waals surface area contributed by atoms with Crippen LogP contribution in [0.4, 0.5) is 10.5 Å². The molecule has 29 heavy (non-hydrogen) atoms. The summed E-state index contributed by atoms with van der Waals surface area (Å²) in [5.74, 6) is 0.260. The highest BCUT2D eigenvalue weighted by Crippen LogP contribution is 2.29. The van der Waals surface area contributed by atoms with Crippen molar-refractivity contribution < 1.29 is 14.3 Å². The highest BCUT2D eigenvalue weighted by Gasteiger charge is 2.36. The molecule has 1 fully saturated rings. The molecule has 158 valence electrons. The van der Waals surface area contributed by atoms with Gasteiger partial charge >= 0.3 is 6.09 Å². The predicted molar refractivity (Wildman–Crippen MR) is 111 cm³/mol. The molecule has 0 saturated carbocycles. The van der Waals surface area contributed by atoms with Crippen molar-refractivity contribution in [3.63, 3.8) is 0 Å². The number of rotatable bonds is 2. The molecule has 0 aromatic carbocycles. The largest absolute Gasteiger partial charge is 0.444 e. The first kappa shape index (κ1) is 20.9. The molecule has 0 bridgehead atoms. The number of imidazole rings is 1. The number of hydrogen-bond donors (Lipinski definition) is 0. The number of hydrogen-bond acceptors (Lipinski definition) is 6. The third kappa shape index (κ3) is 3.73. The summed E-state index contributed by atoms with van der Waals surface area (Å²) in [5.41, 5.74) is 1.12. The summed E-state index contributed by atoms with van der Waals surface area (Å²) in [7, 11) is 3.38. The van der Waals surface area contributed by atoms with Crippen molar-refractivity contribution >= 4 is 29.2 Å². The number of aryl methyl sites for hydroxylation is 2. The number of aldehydes is 1. The van der Waals surface area contributed by atoms with E-state index in [1.54, 1.807) is 29.6 Å². The summed E-state index contributed by atoms with van der Waals surface area (Å²) in [6.07, 6.45) is 0.340. The summed E-state index contributed by atoms with van der Waals surface area (Å²) in [4.78, 5) is 44.8. The fourth-order valence-electron chi connectivity index (χ4n) is 3.81. The average Bonchev–Trinajstić information content (AvgIpc) is 2.95. The monoisotopic (exact) mass is 403 g/mol. The van der Waals surface area contributed by atoms with Gasteiger partial charge in [0.15, 0.2) is 12.1 Å². The molecule has 0 radical (unpaired) electrons. The third-order valence-electron chi connectivity index (χ3n) is 5.28. The number of nitrogens with zero attached hydrogens (tertiary/aromatic N) is 5. The molecule has 2 aromatic heterocycles. The van der Waals surface area contributed by atoms with Crippen LogP contribution in [0, 0.1) is 0 Å². The van der Waals surface area contributed by atoms with Gasteiger partial charge in [0.2, 0.25) is 0 Å². The zero-order chi connectivity index (χ0) is 21.7. The summed E-state index contributed by atoms with van der Waals surface area (Å²) < 4.78 is 8.65. The van der Waals surface area contributed by atoms with Gasteiger partial charge in [-0.2, -0.15) is 0 Å². The standard InChI is InChI=1S/C20H29N5O4/c1-12-10-25(19(28)29-20(3,4)5)13(2)9-24(12)14-8-16(27)23(7)18-17(14)21-15(11-26)22(18)6/h8,11-13H,9-10H2,1-7H3/t12-,13+/m0/s1. The normalized spacial score (nSPS) is 20.2. The van der Waals surface area contributed by atoms with E-state index < -0.39 is 5.60 Å². The topological polar surface area (TPSA) is 89.7 Å². The van der Waals surface area contributed by atoms with Crippen LogP contribution in [0.25, 0.3) is 11.2 Å². The molecule has 0 unspecified atom stereocenters. The van der Waals surface area contributed by atoms with E-state index in [4.69, 9.17) is 4.74 Å². The lowest BCUT2D eigenvalue weighted by molar-refractivity contribution is 0.0130. The molecule has 0 aliphatic carbocycles. The highest BCUT2D eigenvalue weighted by atomic mass is 16.6. The molecule has 2 atom stereocenters. The minimum absolute atomic E-state index is 0.0595. The zero-order valence-electron chi connectivity index (χ0n) is 18.1. The van der Waals surface area contributed by atoms with Crippen molar-refractivity contribution in [1.29, 1.82) is 0 Å². The Morgan fingerprint density at radius 2 is 1.83 bits per heavy atom. The van der Waals surface area contributed by atoms with Crippen LogP contribution in [0.2, 0.25) is 0 Å². The van der Waals surface area contributed by atoms with Gasteiger partial charge in [-0.1, -0.05) is 0 Å². The number of aromatic nitrogens is 3. The zero-order valence-corrected chi connectivity index (χ0v) is 18.1. The Morgan fingerprint density at radius 3 is 2.41 bits per heavy atom. The van der Waals surface area contributed by atoms with Crippen LogP contribution in [0.1, 0.15) is 45.2 Å². The van der Waals surface area contributed by atoms with Crippen LogP contribution in [-0.2, 0) is 18.8 Å². The Kier molecular flexibility index (Phi) is 5.19. The molecule has 3 heterocycles. The van der Waals surface area contributed by atoms with Gasteiger partial charge in [-0.25, -0.2) is 9.78 Å². The molecule has 0 spiro atoms. The Bertz CT molecular complexity index is 1020. The van der Waals surface area contributed by atoms with E-state index in [1.165, 1.54) is 4.57 Å². The second-order valence-electron chi connectivity index (χ2n) is 8.73. The number of carbonyl (C=O) groups excluding carboxylic acids is 2. The fraction of sp³-hybridized carbons (Fsp3) is 0.600. The Morgan fingerprint density at radius 1 is 1.17 bits per heavy atom. The van der Waals surface area contributed by atoms with Crippen molar-refractivity contribution in [2.24, 2.45) is 14.1 Å². The number of ether oxygens (including phenoxy) is 1. The second-order valence-corrected chi connectivity index (χ2v) is 8.73. The minimum Gasteiger partial charge on any atom is -0.444 e. The summed E-state index contributed by atoms with van der Waals surface area (Å²) >= 11 is 0. The van der Waals surface area contributed by atoms with Gasteiger partial charge in [-0.15, -0.1) is 0 Å². The lowest BCUT2D eigenvalue weighted by Crippen LogP contribution is -2.59. The van der Waals surface area contributed by atoms with E-state index in [-0.39, 0.29) is 29.6 Å². The highest BCUT2D eigenvalue weighted by molar-refractivity contribution is 5.90. The predicted octanol–water partition coefficient (Wildman–Crippen LogP) is 1.92. The first-order valence-electron chi connectivity index (χ1n) is 9.72. The smallest absolute Gasteiger partial charge is 0.410 e. The maximum absolute atomic E-state index is 12.6. The molecule has 1 saturated heterocycles. The number of amides is 1. The lowest BCUT2D eigenvalue weighted by atomic mass is 10.1. The minimum atomic E-state index is -0.561. The van der Waals surface area contributed by atoms with Gasteiger partial charge in [0, 0.05) is 45.3 Å². The van der Waals surface area contributed by atoms with Crippen LogP contribution in [0.5, 0.6) is 0 Å². The Hall–Kier alpha value is -2.84. The van der Waals surface area contributed by atoms with E-state index in [0.717, 1.165) is 0 Å². The van der Waals surface area contributed by atoms with Gasteiger partial charge in [-0.05, 0) is 34.6 Å². The third-order valence-corrected chi connectivity index (χ3v) is 5.28. The molecular weight excluding hydrogens is 374 g/mol. The van der Waals surface area contributed by atoms with E-state index in [9.17, 15) is 14.4 Å². The van der Waals surface area contributed by atoms with Crippen molar-refractivity contribution in [2.75, 3.05) is 18.0 Å². The Labute approximate surface area is 169 Å². The van der Waals surface area contributed by atoms with Crippen LogP contribution >= 0.6 is 0 Å². The lowest BCUT2D eigenvalue weighted by Gasteiger charge is -2.45. The van der Waals surface area contributed by atoms with E-state index >= 15 is 0 Å². The van der Waals surface area contributed by atoms with Gasteiger partial charge in [0.25, 0.3) is 5.56 Å². The summed E-state index contributed by atoms with van der Waals surface area (Å²) in [6.45, 7) is 10.5. The quantitative estimate of drug-likeness (QED) is 0.712. The molecule has 9 nitrogen and oxygen atoms in total. The number of fused-ring (bicyclic) bond motifs is 1. The molecule has 0 N–H and O–H groups in total. The number of anilines is 1. The molecule has 1 aliphatic heterocycles. The fourth-order valence-corrected chi connectivity index (χ4v) is 3.81.